The summed E-state index contributed by atoms with van der Waals surface area (Å²) in [6, 6.07) is 0. The Morgan fingerprint density at radius 1 is 1.20 bits per heavy atom. The van der Waals surface area contributed by atoms with Gasteiger partial charge in [-0.3, -0.25) is 0 Å². The molecule has 2 rings (SSSR count). The molecule has 0 saturated heterocycles. The van der Waals surface area contributed by atoms with Gasteiger partial charge in [0.2, 0.25) is 0 Å². The highest BCUT2D eigenvalue weighted by molar-refractivity contribution is 5.00. The second-order valence-electron chi connectivity index (χ2n) is 3.48. The molecule has 0 nitrogen and oxygen atoms in total. The predicted octanol–water partition coefficient (Wildman–Crippen LogP) is 2.91. The lowest BCUT2D eigenvalue weighted by Crippen LogP contribution is -2.18. The Labute approximate surface area is 62.6 Å². The van der Waals surface area contributed by atoms with Gasteiger partial charge in [0.05, 0.1) is 0 Å². The molecule has 0 bridgehead atoms. The van der Waals surface area contributed by atoms with E-state index in [2.05, 4.69) is 17.9 Å². The fourth-order valence-corrected chi connectivity index (χ4v) is 2.16. The Bertz CT molecular complexity index is 172. The topological polar surface area (TPSA) is 0 Å². The third-order valence-corrected chi connectivity index (χ3v) is 2.82. The van der Waals surface area contributed by atoms with Crippen molar-refractivity contribution in [3.8, 4) is 0 Å². The molecule has 1 saturated carbocycles. The zero-order valence-electron chi connectivity index (χ0n) is 6.34. The lowest BCUT2D eigenvalue weighted by atomic mass is 9.76. The van der Waals surface area contributed by atoms with Gasteiger partial charge in [-0.1, -0.05) is 12.8 Å². The van der Waals surface area contributed by atoms with E-state index in [0.29, 0.717) is 0 Å². The monoisotopic (exact) mass is 134 g/mol. The summed E-state index contributed by atoms with van der Waals surface area (Å²) in [5.41, 5.74) is 3.23. The molecule has 0 aromatic rings. The molecule has 10 heavy (non-hydrogen) atoms. The SMILES string of the molecule is C1=CCC2CCCCC2C=1. The third kappa shape index (κ3) is 1.04. The highest BCUT2D eigenvalue weighted by Crippen LogP contribution is 2.34. The van der Waals surface area contributed by atoms with E-state index in [1.54, 1.807) is 0 Å². The molecule has 2 unspecified atom stereocenters. The second-order valence-corrected chi connectivity index (χ2v) is 3.48. The fraction of sp³-hybridized carbons (Fsp3) is 0.700. The Kier molecular flexibility index (Phi) is 1.65. The number of fused-ring (bicyclic) bond motifs is 1. The molecule has 0 aromatic carbocycles. The second kappa shape index (κ2) is 2.64. The first-order chi connectivity index (χ1) is 4.97. The Hall–Kier alpha value is -0.480. The molecule has 0 aliphatic heterocycles. The average Bonchev–Trinajstić information content (AvgIpc) is 2.05. The van der Waals surface area contributed by atoms with Gasteiger partial charge in [-0.15, -0.1) is 5.73 Å². The summed E-state index contributed by atoms with van der Waals surface area (Å²) in [6.45, 7) is 0. The van der Waals surface area contributed by atoms with Crippen LogP contribution in [0.15, 0.2) is 17.9 Å². The van der Waals surface area contributed by atoms with Crippen molar-refractivity contribution in [3.63, 3.8) is 0 Å². The van der Waals surface area contributed by atoms with Crippen LogP contribution in [0.3, 0.4) is 0 Å². The predicted molar refractivity (Wildman–Crippen MR) is 42.7 cm³/mol. The minimum atomic E-state index is 0.888. The van der Waals surface area contributed by atoms with Crippen LogP contribution in [0.1, 0.15) is 32.1 Å². The lowest BCUT2D eigenvalue weighted by Gasteiger charge is -2.29. The molecule has 0 radical (unpaired) electrons. The van der Waals surface area contributed by atoms with Crippen molar-refractivity contribution in [1.82, 2.24) is 0 Å². The maximum atomic E-state index is 3.23. The third-order valence-electron chi connectivity index (χ3n) is 2.82. The van der Waals surface area contributed by atoms with Crippen LogP contribution in [-0.2, 0) is 0 Å². The minimum absolute atomic E-state index is 0.888. The molecule has 2 atom stereocenters. The van der Waals surface area contributed by atoms with E-state index in [1.165, 1.54) is 32.1 Å². The maximum Gasteiger partial charge on any atom is -0.0126 e. The molecule has 0 heterocycles. The van der Waals surface area contributed by atoms with Crippen molar-refractivity contribution in [3.05, 3.63) is 17.9 Å². The standard InChI is InChI=1S/C10H14/c1-2-6-10-8-4-3-7-9(10)5-1/h1,6,9-10H,3-5,7-8H2. The van der Waals surface area contributed by atoms with E-state index in [4.69, 9.17) is 0 Å². The molecule has 0 spiro atoms. The number of hydrogen-bond donors (Lipinski definition) is 0. The number of rotatable bonds is 0. The van der Waals surface area contributed by atoms with E-state index in [0.717, 1.165) is 11.8 Å². The Morgan fingerprint density at radius 2 is 2.10 bits per heavy atom. The van der Waals surface area contributed by atoms with E-state index in [1.807, 2.05) is 0 Å². The van der Waals surface area contributed by atoms with E-state index >= 15 is 0 Å². The summed E-state index contributed by atoms with van der Waals surface area (Å²) in [6.07, 6.45) is 11.6. The molecule has 54 valence electrons. The van der Waals surface area contributed by atoms with Gasteiger partial charge in [0, 0.05) is 0 Å². The summed E-state index contributed by atoms with van der Waals surface area (Å²) in [5.74, 6) is 1.87. The van der Waals surface area contributed by atoms with Crippen molar-refractivity contribution in [1.29, 1.82) is 0 Å². The van der Waals surface area contributed by atoms with Crippen LogP contribution >= 0.6 is 0 Å². The normalized spacial score (nSPS) is 37.6. The minimum Gasteiger partial charge on any atom is -0.129 e. The Balaban J connectivity index is 2.10. The van der Waals surface area contributed by atoms with E-state index in [-0.39, 0.29) is 0 Å². The van der Waals surface area contributed by atoms with E-state index in [9.17, 15) is 0 Å². The van der Waals surface area contributed by atoms with Crippen LogP contribution in [0.4, 0.5) is 0 Å². The maximum absolute atomic E-state index is 3.23. The van der Waals surface area contributed by atoms with Crippen LogP contribution in [0, 0.1) is 11.8 Å². The summed E-state index contributed by atoms with van der Waals surface area (Å²) >= 11 is 0. The van der Waals surface area contributed by atoms with Gasteiger partial charge in [-0.05, 0) is 43.3 Å². The van der Waals surface area contributed by atoms with Crippen LogP contribution in [0.2, 0.25) is 0 Å². The molecule has 0 aromatic heterocycles. The summed E-state index contributed by atoms with van der Waals surface area (Å²) < 4.78 is 0. The summed E-state index contributed by atoms with van der Waals surface area (Å²) in [7, 11) is 0. The summed E-state index contributed by atoms with van der Waals surface area (Å²) in [4.78, 5) is 0. The van der Waals surface area contributed by atoms with Crippen molar-refractivity contribution < 1.29 is 0 Å². The molecule has 2 aliphatic carbocycles. The summed E-state index contributed by atoms with van der Waals surface area (Å²) in [5, 5.41) is 0. The molecular formula is C10H14. The van der Waals surface area contributed by atoms with Crippen LogP contribution in [0.25, 0.3) is 0 Å². The number of hydrogen-bond acceptors (Lipinski definition) is 0. The van der Waals surface area contributed by atoms with Crippen LogP contribution in [-0.4, -0.2) is 0 Å². The Morgan fingerprint density at radius 3 is 3.00 bits per heavy atom. The van der Waals surface area contributed by atoms with Crippen molar-refractivity contribution in [2.45, 2.75) is 32.1 Å². The smallest absolute Gasteiger partial charge is 0.0126 e. The first kappa shape index (κ1) is 6.24. The fourth-order valence-electron chi connectivity index (χ4n) is 2.16. The first-order valence-corrected chi connectivity index (χ1v) is 4.38. The highest BCUT2D eigenvalue weighted by Gasteiger charge is 2.22. The molecule has 1 fully saturated rings. The van der Waals surface area contributed by atoms with Gasteiger partial charge < -0.3 is 0 Å². The molecule has 0 amide bonds. The molecular weight excluding hydrogens is 120 g/mol. The van der Waals surface area contributed by atoms with Gasteiger partial charge >= 0.3 is 0 Å². The average molecular weight is 134 g/mol. The van der Waals surface area contributed by atoms with Crippen LogP contribution in [0.5, 0.6) is 0 Å². The van der Waals surface area contributed by atoms with Gasteiger partial charge in [0.15, 0.2) is 0 Å². The zero-order valence-corrected chi connectivity index (χ0v) is 6.34. The van der Waals surface area contributed by atoms with Crippen molar-refractivity contribution >= 4 is 0 Å². The molecule has 0 heteroatoms. The van der Waals surface area contributed by atoms with Gasteiger partial charge in [-0.25, -0.2) is 0 Å². The van der Waals surface area contributed by atoms with E-state index < -0.39 is 0 Å². The highest BCUT2D eigenvalue weighted by atomic mass is 14.3. The zero-order chi connectivity index (χ0) is 6.81. The van der Waals surface area contributed by atoms with Gasteiger partial charge in [0.25, 0.3) is 0 Å². The van der Waals surface area contributed by atoms with Crippen molar-refractivity contribution in [2.75, 3.05) is 0 Å². The largest absolute Gasteiger partial charge is 0.129 e. The molecule has 0 N–H and O–H groups in total. The quantitative estimate of drug-likeness (QED) is 0.447. The number of allylic oxidation sites excluding steroid dienone is 1. The molecule has 2 aliphatic rings. The van der Waals surface area contributed by atoms with Crippen molar-refractivity contribution in [2.24, 2.45) is 11.8 Å². The van der Waals surface area contributed by atoms with Gasteiger partial charge in [-0.2, -0.15) is 0 Å². The van der Waals surface area contributed by atoms with Gasteiger partial charge in [0.1, 0.15) is 0 Å². The lowest BCUT2D eigenvalue weighted by molar-refractivity contribution is 0.282. The first-order valence-electron chi connectivity index (χ1n) is 4.38. The van der Waals surface area contributed by atoms with Crippen LogP contribution < -0.4 is 0 Å².